The SMILES string of the molecule is C=CCCCN(CCCC)C(=O)On1ccccc1=S. The highest BCUT2D eigenvalue weighted by molar-refractivity contribution is 7.71. The van der Waals surface area contributed by atoms with E-state index in [1.54, 1.807) is 23.2 Å². The van der Waals surface area contributed by atoms with E-state index in [1.807, 2.05) is 12.1 Å². The van der Waals surface area contributed by atoms with E-state index in [-0.39, 0.29) is 6.09 Å². The first-order valence-electron chi connectivity index (χ1n) is 6.95. The number of aromatic nitrogens is 1. The molecule has 0 bridgehead atoms. The predicted octanol–water partition coefficient (Wildman–Crippen LogP) is 3.83. The summed E-state index contributed by atoms with van der Waals surface area (Å²) in [6.45, 7) is 7.16. The molecule has 0 N–H and O–H groups in total. The van der Waals surface area contributed by atoms with Gasteiger partial charge in [0.05, 0.1) is 0 Å². The molecule has 1 aromatic rings. The van der Waals surface area contributed by atoms with Crippen LogP contribution in [0.5, 0.6) is 0 Å². The second kappa shape index (κ2) is 9.31. The number of hydrogen-bond donors (Lipinski definition) is 0. The van der Waals surface area contributed by atoms with E-state index in [4.69, 9.17) is 17.1 Å². The molecule has 5 heteroatoms. The van der Waals surface area contributed by atoms with Gasteiger partial charge in [0, 0.05) is 19.3 Å². The van der Waals surface area contributed by atoms with Crippen LogP contribution in [0.4, 0.5) is 4.79 Å². The van der Waals surface area contributed by atoms with Crippen molar-refractivity contribution in [3.8, 4) is 0 Å². The van der Waals surface area contributed by atoms with Crippen molar-refractivity contribution in [3.63, 3.8) is 0 Å². The van der Waals surface area contributed by atoms with Gasteiger partial charge in [-0.15, -0.1) is 6.58 Å². The first-order valence-corrected chi connectivity index (χ1v) is 7.35. The minimum atomic E-state index is -0.357. The monoisotopic (exact) mass is 294 g/mol. The van der Waals surface area contributed by atoms with E-state index in [2.05, 4.69) is 13.5 Å². The Morgan fingerprint density at radius 1 is 1.45 bits per heavy atom. The lowest BCUT2D eigenvalue weighted by Crippen LogP contribution is -2.38. The fraction of sp³-hybridized carbons (Fsp3) is 0.467. The number of carbonyl (C=O) groups excluding carboxylic acids is 1. The van der Waals surface area contributed by atoms with Crippen LogP contribution >= 0.6 is 12.2 Å². The molecule has 1 aromatic heterocycles. The molecule has 0 saturated carbocycles. The van der Waals surface area contributed by atoms with E-state index in [9.17, 15) is 4.79 Å². The van der Waals surface area contributed by atoms with E-state index >= 15 is 0 Å². The highest BCUT2D eigenvalue weighted by atomic mass is 32.1. The van der Waals surface area contributed by atoms with E-state index < -0.39 is 0 Å². The number of unbranched alkanes of at least 4 members (excludes halogenated alkanes) is 2. The average Bonchev–Trinajstić information content (AvgIpc) is 2.45. The quantitative estimate of drug-likeness (QED) is 0.415. The maximum absolute atomic E-state index is 12.2. The first-order chi connectivity index (χ1) is 9.69. The maximum Gasteiger partial charge on any atom is 0.434 e. The van der Waals surface area contributed by atoms with Crippen molar-refractivity contribution in [1.82, 2.24) is 9.63 Å². The number of hydrogen-bond acceptors (Lipinski definition) is 3. The van der Waals surface area contributed by atoms with Crippen LogP contribution in [0.25, 0.3) is 0 Å². The zero-order chi connectivity index (χ0) is 14.8. The zero-order valence-electron chi connectivity index (χ0n) is 12.0. The fourth-order valence-corrected chi connectivity index (χ4v) is 1.88. The summed E-state index contributed by atoms with van der Waals surface area (Å²) in [5, 5.41) is 0. The Morgan fingerprint density at radius 2 is 2.20 bits per heavy atom. The lowest BCUT2D eigenvalue weighted by atomic mass is 10.2. The van der Waals surface area contributed by atoms with Gasteiger partial charge >= 0.3 is 6.09 Å². The summed E-state index contributed by atoms with van der Waals surface area (Å²) in [5.74, 6) is 0. The number of allylic oxidation sites excluding steroid dienone is 1. The number of carbonyl (C=O) groups is 1. The molecule has 110 valence electrons. The van der Waals surface area contributed by atoms with Crippen molar-refractivity contribution in [1.29, 1.82) is 0 Å². The molecule has 0 radical (unpaired) electrons. The van der Waals surface area contributed by atoms with Crippen LogP contribution in [0.15, 0.2) is 37.1 Å². The summed E-state index contributed by atoms with van der Waals surface area (Å²) in [4.78, 5) is 19.2. The third kappa shape index (κ3) is 5.57. The van der Waals surface area contributed by atoms with Gasteiger partial charge in [-0.2, -0.15) is 4.73 Å². The van der Waals surface area contributed by atoms with Crippen molar-refractivity contribution in [2.24, 2.45) is 0 Å². The second-order valence-corrected chi connectivity index (χ2v) is 4.91. The molecule has 1 rings (SSSR count). The van der Waals surface area contributed by atoms with Gasteiger partial charge in [-0.25, -0.2) is 4.79 Å². The van der Waals surface area contributed by atoms with E-state index in [0.29, 0.717) is 17.7 Å². The Hall–Kier alpha value is -1.62. The summed E-state index contributed by atoms with van der Waals surface area (Å²) in [5.41, 5.74) is 0. The van der Waals surface area contributed by atoms with Gasteiger partial charge in [0.15, 0.2) is 0 Å². The Balaban J connectivity index is 2.64. The van der Waals surface area contributed by atoms with Crippen molar-refractivity contribution in [2.75, 3.05) is 13.1 Å². The molecule has 0 unspecified atom stereocenters. The van der Waals surface area contributed by atoms with Crippen molar-refractivity contribution < 1.29 is 9.63 Å². The molecule has 0 aliphatic carbocycles. The van der Waals surface area contributed by atoms with Gasteiger partial charge in [-0.05, 0) is 31.4 Å². The van der Waals surface area contributed by atoms with Crippen LogP contribution in [-0.4, -0.2) is 28.8 Å². The minimum absolute atomic E-state index is 0.357. The van der Waals surface area contributed by atoms with Gasteiger partial charge in [0.25, 0.3) is 0 Å². The fourth-order valence-electron chi connectivity index (χ4n) is 1.70. The number of amides is 1. The highest BCUT2D eigenvalue weighted by Gasteiger charge is 2.15. The lowest BCUT2D eigenvalue weighted by Gasteiger charge is -2.21. The molecule has 0 fully saturated rings. The molecule has 0 aliphatic rings. The molecular weight excluding hydrogens is 272 g/mol. The molecule has 20 heavy (non-hydrogen) atoms. The summed E-state index contributed by atoms with van der Waals surface area (Å²) >= 11 is 5.10. The first kappa shape index (κ1) is 16.4. The third-order valence-corrected chi connectivity index (χ3v) is 3.16. The molecule has 1 heterocycles. The van der Waals surface area contributed by atoms with Crippen molar-refractivity contribution in [2.45, 2.75) is 32.6 Å². The van der Waals surface area contributed by atoms with Crippen molar-refractivity contribution in [3.05, 3.63) is 41.7 Å². The third-order valence-electron chi connectivity index (χ3n) is 2.84. The normalized spacial score (nSPS) is 10.1. The predicted molar refractivity (Wildman–Crippen MR) is 83.2 cm³/mol. The molecule has 1 amide bonds. The van der Waals surface area contributed by atoms with E-state index in [0.717, 1.165) is 25.7 Å². The van der Waals surface area contributed by atoms with Crippen LogP contribution in [0.2, 0.25) is 0 Å². The molecule has 0 saturated heterocycles. The lowest BCUT2D eigenvalue weighted by molar-refractivity contribution is 0.0894. The topological polar surface area (TPSA) is 34.5 Å². The molecular formula is C15H22N2O2S. The molecule has 4 nitrogen and oxygen atoms in total. The van der Waals surface area contributed by atoms with E-state index in [1.165, 1.54) is 4.73 Å². The standard InChI is InChI=1S/C15H22N2O2S/c1-3-5-8-12-16(11-6-4-2)15(18)19-17-13-9-7-10-14(17)20/h3,7,9-10,13H,1,4-6,8,11-12H2,2H3. The smallest absolute Gasteiger partial charge is 0.316 e. The number of pyridine rings is 1. The van der Waals surface area contributed by atoms with Gasteiger partial charge in [0.2, 0.25) is 0 Å². The largest absolute Gasteiger partial charge is 0.434 e. The van der Waals surface area contributed by atoms with Gasteiger partial charge < -0.3 is 9.74 Å². The number of rotatable bonds is 8. The zero-order valence-corrected chi connectivity index (χ0v) is 12.8. The van der Waals surface area contributed by atoms with Gasteiger partial charge in [-0.1, -0.05) is 37.7 Å². The van der Waals surface area contributed by atoms with Gasteiger partial charge in [0.1, 0.15) is 4.64 Å². The van der Waals surface area contributed by atoms with Crippen LogP contribution in [-0.2, 0) is 0 Å². The molecule has 0 aromatic carbocycles. The van der Waals surface area contributed by atoms with Crippen LogP contribution < -0.4 is 4.84 Å². The van der Waals surface area contributed by atoms with Crippen LogP contribution in [0, 0.1) is 4.64 Å². The highest BCUT2D eigenvalue weighted by Crippen LogP contribution is 2.02. The Labute approximate surface area is 125 Å². The van der Waals surface area contributed by atoms with Crippen molar-refractivity contribution >= 4 is 18.3 Å². The Kier molecular flexibility index (Phi) is 7.65. The summed E-state index contributed by atoms with van der Waals surface area (Å²) < 4.78 is 1.80. The molecule has 0 atom stereocenters. The maximum atomic E-state index is 12.2. The molecule has 0 aliphatic heterocycles. The average molecular weight is 294 g/mol. The summed E-state index contributed by atoms with van der Waals surface area (Å²) in [6.07, 6.45) is 6.92. The Bertz CT molecular complexity index is 485. The molecule has 0 spiro atoms. The second-order valence-electron chi connectivity index (χ2n) is 4.49. The van der Waals surface area contributed by atoms with Gasteiger partial charge in [-0.3, -0.25) is 0 Å². The number of nitrogens with zero attached hydrogens (tertiary/aromatic N) is 2. The van der Waals surface area contributed by atoms with Crippen LogP contribution in [0.3, 0.4) is 0 Å². The van der Waals surface area contributed by atoms with Crippen LogP contribution in [0.1, 0.15) is 32.6 Å². The summed E-state index contributed by atoms with van der Waals surface area (Å²) in [6, 6.07) is 5.31. The Morgan fingerprint density at radius 3 is 2.85 bits per heavy atom. The minimum Gasteiger partial charge on any atom is -0.316 e. The summed E-state index contributed by atoms with van der Waals surface area (Å²) in [7, 11) is 0.